The van der Waals surface area contributed by atoms with Crippen LogP contribution in [0.3, 0.4) is 0 Å². The minimum absolute atomic E-state index is 0.866. The van der Waals surface area contributed by atoms with Crippen LogP contribution in [0, 0.1) is 0 Å². The lowest BCUT2D eigenvalue weighted by Gasteiger charge is -2.16. The fourth-order valence-corrected chi connectivity index (χ4v) is 7.85. The fraction of sp³-hybridized carbons (Fsp3) is 0.0556. The second-order valence-corrected chi connectivity index (χ2v) is 12.2. The summed E-state index contributed by atoms with van der Waals surface area (Å²) in [5, 5.41) is 5.32. The zero-order valence-electron chi connectivity index (χ0n) is 21.2. The summed E-state index contributed by atoms with van der Waals surface area (Å²) in [6, 6.07) is 39.5. The Labute approximate surface area is 234 Å². The molecule has 0 saturated carbocycles. The molecule has 2 heterocycles. The number of thiophene rings is 2. The zero-order chi connectivity index (χ0) is 25.8. The van der Waals surface area contributed by atoms with E-state index in [1.807, 2.05) is 22.7 Å². The Bertz CT molecular complexity index is 2100. The van der Waals surface area contributed by atoms with Gasteiger partial charge in [0.05, 0.1) is 0 Å². The van der Waals surface area contributed by atoms with E-state index in [0.29, 0.717) is 0 Å². The van der Waals surface area contributed by atoms with Gasteiger partial charge in [0, 0.05) is 40.3 Å². The van der Waals surface area contributed by atoms with Crippen LogP contribution in [-0.2, 0) is 0 Å². The molecule has 0 amide bonds. The Balaban J connectivity index is 1.10. The Morgan fingerprint density at radius 2 is 1.13 bits per heavy atom. The standard InChI is InChI=1S/C36H24OS2/c1-3-13-33-29(11-1)31-21-25(15-17-35(31)38-33)23-7-5-9-27(19-23)37-28-10-6-8-24(20-28)26-16-18-36-32(22-26)30-12-2-4-14-34(30)39-36/h1-5,7,9-22H,6,8H2. The van der Waals surface area contributed by atoms with Crippen LogP contribution in [0.5, 0.6) is 5.75 Å². The van der Waals surface area contributed by atoms with E-state index < -0.39 is 0 Å². The molecule has 0 N–H and O–H groups in total. The molecule has 0 spiro atoms. The minimum atomic E-state index is 0.866. The molecule has 0 bridgehead atoms. The lowest BCUT2D eigenvalue weighted by Crippen LogP contribution is -1.99. The summed E-state index contributed by atoms with van der Waals surface area (Å²) >= 11 is 3.72. The molecule has 1 aliphatic rings. The van der Waals surface area contributed by atoms with Crippen molar-refractivity contribution < 1.29 is 4.74 Å². The second-order valence-electron chi connectivity index (χ2n) is 10.1. The molecule has 186 valence electrons. The first kappa shape index (κ1) is 22.8. The monoisotopic (exact) mass is 536 g/mol. The van der Waals surface area contributed by atoms with Gasteiger partial charge in [-0.25, -0.2) is 0 Å². The summed E-state index contributed by atoms with van der Waals surface area (Å²) in [4.78, 5) is 0. The summed E-state index contributed by atoms with van der Waals surface area (Å²) in [5.41, 5.74) is 4.99. The molecule has 0 unspecified atom stereocenters. The molecule has 0 fully saturated rings. The van der Waals surface area contributed by atoms with Gasteiger partial charge in [-0.2, -0.15) is 0 Å². The molecule has 8 rings (SSSR count). The smallest absolute Gasteiger partial charge is 0.128 e. The maximum atomic E-state index is 6.44. The van der Waals surface area contributed by atoms with Crippen LogP contribution >= 0.6 is 22.7 Å². The number of benzene rings is 5. The molecule has 0 radical (unpaired) electrons. The summed E-state index contributed by atoms with van der Waals surface area (Å²) in [6.45, 7) is 0. The van der Waals surface area contributed by atoms with E-state index >= 15 is 0 Å². The summed E-state index contributed by atoms with van der Waals surface area (Å²) in [7, 11) is 0. The van der Waals surface area contributed by atoms with E-state index in [-0.39, 0.29) is 0 Å². The van der Waals surface area contributed by atoms with E-state index in [1.165, 1.54) is 62.6 Å². The van der Waals surface area contributed by atoms with Crippen LogP contribution in [0.4, 0.5) is 0 Å². The molecule has 0 saturated heterocycles. The van der Waals surface area contributed by atoms with Gasteiger partial charge in [0.2, 0.25) is 0 Å². The van der Waals surface area contributed by atoms with Crippen molar-refractivity contribution in [1.82, 2.24) is 0 Å². The van der Waals surface area contributed by atoms with Gasteiger partial charge in [-0.15, -0.1) is 22.7 Å². The average molecular weight is 537 g/mol. The van der Waals surface area contributed by atoms with E-state index in [1.54, 1.807) is 0 Å². The lowest BCUT2D eigenvalue weighted by molar-refractivity contribution is 0.440. The normalized spacial score (nSPS) is 13.7. The third-order valence-corrected chi connectivity index (χ3v) is 9.91. The lowest BCUT2D eigenvalue weighted by atomic mass is 9.95. The highest BCUT2D eigenvalue weighted by Gasteiger charge is 2.13. The predicted molar refractivity (Wildman–Crippen MR) is 170 cm³/mol. The molecular formula is C36H24OS2. The molecule has 3 heteroatoms. The molecule has 5 aromatic carbocycles. The number of allylic oxidation sites excluding steroid dienone is 3. The Kier molecular flexibility index (Phi) is 5.39. The third kappa shape index (κ3) is 4.06. The quantitative estimate of drug-likeness (QED) is 0.217. The molecular weight excluding hydrogens is 513 g/mol. The van der Waals surface area contributed by atoms with Crippen LogP contribution in [0.1, 0.15) is 18.4 Å². The molecule has 0 aliphatic heterocycles. The molecule has 39 heavy (non-hydrogen) atoms. The average Bonchev–Trinajstić information content (AvgIpc) is 3.55. The van der Waals surface area contributed by atoms with Crippen molar-refractivity contribution in [2.24, 2.45) is 0 Å². The minimum Gasteiger partial charge on any atom is -0.458 e. The van der Waals surface area contributed by atoms with Crippen molar-refractivity contribution in [2.45, 2.75) is 12.8 Å². The van der Waals surface area contributed by atoms with Gasteiger partial charge in [-0.3, -0.25) is 0 Å². The second kappa shape index (κ2) is 9.23. The van der Waals surface area contributed by atoms with Gasteiger partial charge in [0.1, 0.15) is 11.5 Å². The molecule has 0 atom stereocenters. The van der Waals surface area contributed by atoms with Gasteiger partial charge >= 0.3 is 0 Å². The van der Waals surface area contributed by atoms with E-state index in [4.69, 9.17) is 4.74 Å². The number of ether oxygens (including phenoxy) is 1. The Hall–Kier alpha value is -4.18. The maximum absolute atomic E-state index is 6.44. The molecule has 1 aliphatic carbocycles. The highest BCUT2D eigenvalue weighted by Crippen LogP contribution is 2.38. The fourth-order valence-electron chi connectivity index (χ4n) is 5.68. The van der Waals surface area contributed by atoms with Crippen LogP contribution in [0.25, 0.3) is 57.0 Å². The first-order valence-corrected chi connectivity index (χ1v) is 14.9. The third-order valence-electron chi connectivity index (χ3n) is 7.60. The van der Waals surface area contributed by atoms with Crippen LogP contribution in [-0.4, -0.2) is 0 Å². The Morgan fingerprint density at radius 1 is 0.513 bits per heavy atom. The largest absolute Gasteiger partial charge is 0.458 e. The maximum Gasteiger partial charge on any atom is 0.128 e. The van der Waals surface area contributed by atoms with Gasteiger partial charge in [-0.05, 0) is 95.8 Å². The van der Waals surface area contributed by atoms with Gasteiger partial charge in [0.15, 0.2) is 0 Å². The van der Waals surface area contributed by atoms with Crippen LogP contribution < -0.4 is 4.74 Å². The van der Waals surface area contributed by atoms with Gasteiger partial charge in [0.25, 0.3) is 0 Å². The predicted octanol–water partition coefficient (Wildman–Crippen LogP) is 11.2. The van der Waals surface area contributed by atoms with E-state index in [2.05, 4.69) is 121 Å². The summed E-state index contributed by atoms with van der Waals surface area (Å²) in [6.07, 6.45) is 6.42. The van der Waals surface area contributed by atoms with Crippen molar-refractivity contribution in [3.05, 3.63) is 133 Å². The SMILES string of the molecule is C1=C(Oc2cccc(-c3ccc4sc5ccccc5c4c3)c2)C=C(c2ccc3sc4ccccc4c3c2)CC1. The van der Waals surface area contributed by atoms with E-state index in [9.17, 15) is 0 Å². The van der Waals surface area contributed by atoms with Crippen molar-refractivity contribution in [3.63, 3.8) is 0 Å². The summed E-state index contributed by atoms with van der Waals surface area (Å²) in [5.74, 6) is 1.79. The van der Waals surface area contributed by atoms with Crippen molar-refractivity contribution in [2.75, 3.05) is 0 Å². The van der Waals surface area contributed by atoms with E-state index in [0.717, 1.165) is 24.4 Å². The first-order valence-electron chi connectivity index (χ1n) is 13.3. The van der Waals surface area contributed by atoms with Crippen LogP contribution in [0.2, 0.25) is 0 Å². The molecule has 7 aromatic rings. The van der Waals surface area contributed by atoms with Gasteiger partial charge < -0.3 is 4.74 Å². The summed E-state index contributed by atoms with van der Waals surface area (Å²) < 4.78 is 11.8. The topological polar surface area (TPSA) is 9.23 Å². The van der Waals surface area contributed by atoms with Crippen molar-refractivity contribution in [1.29, 1.82) is 0 Å². The number of hydrogen-bond acceptors (Lipinski definition) is 3. The number of hydrogen-bond donors (Lipinski definition) is 0. The van der Waals surface area contributed by atoms with Crippen LogP contribution in [0.15, 0.2) is 127 Å². The Morgan fingerprint density at radius 3 is 1.87 bits per heavy atom. The highest BCUT2D eigenvalue weighted by molar-refractivity contribution is 7.26. The highest BCUT2D eigenvalue weighted by atomic mass is 32.1. The molecule has 1 nitrogen and oxygen atoms in total. The zero-order valence-corrected chi connectivity index (χ0v) is 22.8. The molecule has 2 aromatic heterocycles. The number of fused-ring (bicyclic) bond motifs is 6. The van der Waals surface area contributed by atoms with Crippen molar-refractivity contribution >= 4 is 68.6 Å². The first-order chi connectivity index (χ1) is 19.3. The number of rotatable bonds is 4. The van der Waals surface area contributed by atoms with Gasteiger partial charge in [-0.1, -0.05) is 60.7 Å². The van der Waals surface area contributed by atoms with Crippen molar-refractivity contribution in [3.8, 4) is 16.9 Å².